The zero-order valence-corrected chi connectivity index (χ0v) is 20.1. The number of thioether (sulfide) groups is 1. The molecule has 1 aliphatic heterocycles. The van der Waals surface area contributed by atoms with Crippen molar-refractivity contribution in [3.63, 3.8) is 0 Å². The molecule has 0 radical (unpaired) electrons. The molecule has 2 aromatic rings. The minimum atomic E-state index is -4.54. The van der Waals surface area contributed by atoms with E-state index in [1.165, 1.54) is 18.9 Å². The first-order valence-corrected chi connectivity index (χ1v) is 12.4. The molecule has 2 aliphatic rings. The first kappa shape index (κ1) is 25.1. The summed E-state index contributed by atoms with van der Waals surface area (Å²) in [5.74, 6) is -0.461. The van der Waals surface area contributed by atoms with Crippen molar-refractivity contribution in [2.45, 2.75) is 48.9 Å². The number of alkyl halides is 3. The molecular weight excluding hydrogens is 477 g/mol. The van der Waals surface area contributed by atoms with E-state index in [2.05, 4.69) is 15.6 Å². The number of hydrazine groups is 1. The average molecular weight is 505 g/mol. The van der Waals surface area contributed by atoms with Gasteiger partial charge in [-0.1, -0.05) is 72.9 Å². The molecule has 35 heavy (non-hydrogen) atoms. The smallest absolute Gasteiger partial charge is 0.399 e. The van der Waals surface area contributed by atoms with Gasteiger partial charge in [-0.2, -0.15) is 13.2 Å². The summed E-state index contributed by atoms with van der Waals surface area (Å²) in [5.41, 5.74) is 5.26. The molecule has 0 spiro atoms. The van der Waals surface area contributed by atoms with Crippen molar-refractivity contribution in [2.24, 2.45) is 10.1 Å². The Morgan fingerprint density at radius 3 is 2.51 bits per heavy atom. The van der Waals surface area contributed by atoms with Crippen LogP contribution >= 0.6 is 11.8 Å². The van der Waals surface area contributed by atoms with E-state index in [-0.39, 0.29) is 11.1 Å². The summed E-state index contributed by atoms with van der Waals surface area (Å²) in [4.78, 5) is 22.5. The number of amidine groups is 1. The molecule has 1 atom stereocenters. The molecule has 1 heterocycles. The number of amides is 1. The van der Waals surface area contributed by atoms with Crippen LogP contribution in [0.3, 0.4) is 0 Å². The molecule has 1 fully saturated rings. The predicted octanol–water partition coefficient (Wildman–Crippen LogP) is 5.13. The van der Waals surface area contributed by atoms with E-state index in [9.17, 15) is 18.0 Å². The molecule has 1 saturated carbocycles. The Morgan fingerprint density at radius 1 is 1.11 bits per heavy atom. The quantitative estimate of drug-likeness (QED) is 0.419. The number of nitrogens with zero attached hydrogens (tertiary/aromatic N) is 3. The number of aliphatic imine (C=N–C) groups is 1. The van der Waals surface area contributed by atoms with Gasteiger partial charge in [-0.15, -0.1) is 11.8 Å². The van der Waals surface area contributed by atoms with Gasteiger partial charge in [0, 0.05) is 21.9 Å². The highest BCUT2D eigenvalue weighted by molar-refractivity contribution is 8.01. The molecule has 0 aromatic heterocycles. The van der Waals surface area contributed by atoms with Gasteiger partial charge in [0.1, 0.15) is 25.2 Å². The van der Waals surface area contributed by atoms with Crippen LogP contribution in [-0.2, 0) is 9.63 Å². The molecular formula is C25H27F3N4O2S. The van der Waals surface area contributed by atoms with E-state index in [1.54, 1.807) is 18.2 Å². The lowest BCUT2D eigenvalue weighted by atomic mass is 10.00. The SMILES string of the molecule is CO/N=C(/c1ccccc1)c1cccc(C2=NC(SC3CCCCC3)C(=O)N(CC(F)(F)F)N2)c1. The van der Waals surface area contributed by atoms with Gasteiger partial charge < -0.3 is 4.84 Å². The number of oxime groups is 1. The number of nitrogens with one attached hydrogen (secondary N) is 1. The fourth-order valence-corrected chi connectivity index (χ4v) is 5.58. The number of halogens is 3. The fraction of sp³-hybridized carbons (Fsp3) is 0.400. The topological polar surface area (TPSA) is 66.3 Å². The summed E-state index contributed by atoms with van der Waals surface area (Å²) < 4.78 is 39.8. The van der Waals surface area contributed by atoms with Crippen LogP contribution in [0.25, 0.3) is 0 Å². The monoisotopic (exact) mass is 504 g/mol. The maximum atomic E-state index is 13.3. The standard InChI is InChI=1S/C25H27F3N4O2S/c1-34-31-21(17-9-4-2-5-10-17)18-11-8-12-19(15-18)22-29-23(35-20-13-6-3-7-14-20)24(33)32(30-22)16-25(26,27)28/h2,4-5,8-12,15,20,23H,3,6-7,13-14,16H2,1H3,(H,29,30)/b31-21-. The van der Waals surface area contributed by atoms with Crippen LogP contribution in [0.4, 0.5) is 13.2 Å². The summed E-state index contributed by atoms with van der Waals surface area (Å²) in [6.07, 6.45) is 0.598. The predicted molar refractivity (Wildman–Crippen MR) is 131 cm³/mol. The zero-order valence-electron chi connectivity index (χ0n) is 19.3. The van der Waals surface area contributed by atoms with Gasteiger partial charge >= 0.3 is 6.18 Å². The summed E-state index contributed by atoms with van der Waals surface area (Å²) in [7, 11) is 1.45. The molecule has 2 aromatic carbocycles. The molecule has 10 heteroatoms. The maximum absolute atomic E-state index is 13.3. The Morgan fingerprint density at radius 2 is 1.83 bits per heavy atom. The van der Waals surface area contributed by atoms with Crippen LogP contribution in [0.15, 0.2) is 64.7 Å². The minimum absolute atomic E-state index is 0.207. The second-order valence-electron chi connectivity index (χ2n) is 8.45. The third kappa shape index (κ3) is 6.56. The van der Waals surface area contributed by atoms with Crippen molar-refractivity contribution in [3.8, 4) is 0 Å². The molecule has 1 N–H and O–H groups in total. The van der Waals surface area contributed by atoms with Crippen molar-refractivity contribution >= 4 is 29.2 Å². The van der Waals surface area contributed by atoms with Gasteiger partial charge in [-0.25, -0.2) is 10.0 Å². The van der Waals surface area contributed by atoms with Crippen LogP contribution < -0.4 is 5.43 Å². The number of hydrogen-bond donors (Lipinski definition) is 1. The van der Waals surface area contributed by atoms with Crippen molar-refractivity contribution < 1.29 is 22.8 Å². The lowest BCUT2D eigenvalue weighted by molar-refractivity contribution is -0.165. The summed E-state index contributed by atoms with van der Waals surface area (Å²) in [5, 5.41) is 4.07. The minimum Gasteiger partial charge on any atom is -0.399 e. The van der Waals surface area contributed by atoms with Crippen molar-refractivity contribution in [2.75, 3.05) is 13.7 Å². The summed E-state index contributed by atoms with van der Waals surface area (Å²) >= 11 is 1.36. The highest BCUT2D eigenvalue weighted by atomic mass is 32.2. The molecule has 6 nitrogen and oxygen atoms in total. The van der Waals surface area contributed by atoms with Gasteiger partial charge in [0.15, 0.2) is 5.37 Å². The number of rotatable bonds is 7. The first-order chi connectivity index (χ1) is 16.8. The molecule has 1 amide bonds. The second-order valence-corrected chi connectivity index (χ2v) is 9.83. The fourth-order valence-electron chi connectivity index (χ4n) is 4.20. The van der Waals surface area contributed by atoms with Crippen LogP contribution in [0.1, 0.15) is 48.8 Å². The van der Waals surface area contributed by atoms with Gasteiger partial charge in [-0.3, -0.25) is 10.2 Å². The average Bonchev–Trinajstić information content (AvgIpc) is 2.85. The van der Waals surface area contributed by atoms with Crippen LogP contribution in [0.5, 0.6) is 0 Å². The molecule has 1 aliphatic carbocycles. The highest BCUT2D eigenvalue weighted by Gasteiger charge is 2.40. The largest absolute Gasteiger partial charge is 0.408 e. The van der Waals surface area contributed by atoms with Crippen molar-refractivity contribution in [1.82, 2.24) is 10.4 Å². The van der Waals surface area contributed by atoms with E-state index in [0.29, 0.717) is 21.8 Å². The molecule has 186 valence electrons. The Balaban J connectivity index is 1.67. The number of carbonyl (C=O) groups excluding carboxylic acids is 1. The maximum Gasteiger partial charge on any atom is 0.408 e. The summed E-state index contributed by atoms with van der Waals surface area (Å²) in [6, 6.07) is 16.6. The van der Waals surface area contributed by atoms with Crippen molar-refractivity contribution in [3.05, 3.63) is 71.3 Å². The van der Waals surface area contributed by atoms with E-state index in [1.807, 2.05) is 36.4 Å². The Labute approximate surface area is 206 Å². The van der Waals surface area contributed by atoms with Crippen molar-refractivity contribution in [1.29, 1.82) is 0 Å². The lowest BCUT2D eigenvalue weighted by Crippen LogP contribution is -2.56. The summed E-state index contributed by atoms with van der Waals surface area (Å²) in [6.45, 7) is -1.40. The molecule has 0 bridgehead atoms. The Hall–Kier alpha value is -3.01. The molecule has 1 unspecified atom stereocenters. The van der Waals surface area contributed by atoms with Crippen LogP contribution in [0.2, 0.25) is 0 Å². The van der Waals surface area contributed by atoms with Crippen LogP contribution in [-0.4, -0.2) is 52.9 Å². The van der Waals surface area contributed by atoms with Crippen LogP contribution in [0, 0.1) is 0 Å². The number of hydrogen-bond acceptors (Lipinski definition) is 6. The van der Waals surface area contributed by atoms with E-state index >= 15 is 0 Å². The van der Waals surface area contributed by atoms with Gasteiger partial charge in [0.2, 0.25) is 0 Å². The second kappa shape index (κ2) is 11.2. The highest BCUT2D eigenvalue weighted by Crippen LogP contribution is 2.34. The van der Waals surface area contributed by atoms with Gasteiger partial charge in [0.25, 0.3) is 5.91 Å². The Bertz CT molecular complexity index is 1090. The van der Waals surface area contributed by atoms with E-state index < -0.39 is 24.0 Å². The molecule has 4 rings (SSSR count). The zero-order chi connectivity index (χ0) is 24.8. The van der Waals surface area contributed by atoms with Gasteiger partial charge in [0.05, 0.1) is 0 Å². The number of benzene rings is 2. The first-order valence-electron chi connectivity index (χ1n) is 11.5. The lowest BCUT2D eigenvalue weighted by Gasteiger charge is -2.34. The number of carbonyl (C=O) groups is 1. The third-order valence-corrected chi connectivity index (χ3v) is 7.24. The third-order valence-electron chi connectivity index (χ3n) is 5.81. The Kier molecular flexibility index (Phi) is 8.00. The normalized spacial score (nSPS) is 19.8. The van der Waals surface area contributed by atoms with E-state index in [0.717, 1.165) is 37.7 Å². The van der Waals surface area contributed by atoms with Gasteiger partial charge in [-0.05, 0) is 18.9 Å². The molecule has 0 saturated heterocycles. The van der Waals surface area contributed by atoms with E-state index in [4.69, 9.17) is 4.84 Å².